The van der Waals surface area contributed by atoms with E-state index in [1.807, 2.05) is 41.6 Å². The largest absolute Gasteiger partial charge is 0.324 e. The van der Waals surface area contributed by atoms with Crippen molar-refractivity contribution >= 4 is 11.6 Å². The Kier molecular flexibility index (Phi) is 3.29. The Morgan fingerprint density at radius 3 is 2.81 bits per heavy atom. The highest BCUT2D eigenvalue weighted by molar-refractivity contribution is 5.93. The Bertz CT molecular complexity index is 691. The number of nitrogens with two attached hydrogens (primary N) is 1. The second kappa shape index (κ2) is 5.00. The minimum Gasteiger partial charge on any atom is -0.324 e. The Hall–Kier alpha value is -2.14. The summed E-state index contributed by atoms with van der Waals surface area (Å²) in [5.74, 6) is 0.0573. The molecule has 1 aliphatic heterocycles. The fourth-order valence-corrected chi connectivity index (χ4v) is 3.10. The van der Waals surface area contributed by atoms with Gasteiger partial charge in [0.25, 0.3) is 0 Å². The van der Waals surface area contributed by atoms with Crippen LogP contribution in [0.5, 0.6) is 0 Å². The molecule has 110 valence electrons. The summed E-state index contributed by atoms with van der Waals surface area (Å²) in [6, 6.07) is 6.13. The number of aromatic nitrogens is 2. The van der Waals surface area contributed by atoms with Gasteiger partial charge in [0, 0.05) is 36.6 Å². The van der Waals surface area contributed by atoms with Crippen LogP contribution in [0, 0.1) is 6.92 Å². The van der Waals surface area contributed by atoms with Crippen molar-refractivity contribution in [3.8, 4) is 5.69 Å². The number of nitrogens with zero attached hydrogens (tertiary/aromatic N) is 3. The Labute approximate surface area is 124 Å². The lowest BCUT2D eigenvalue weighted by Gasteiger charge is -2.37. The molecular weight excluding hydrogens is 264 g/mol. The van der Waals surface area contributed by atoms with Gasteiger partial charge in [0.15, 0.2) is 0 Å². The highest BCUT2D eigenvalue weighted by Crippen LogP contribution is 2.37. The summed E-state index contributed by atoms with van der Waals surface area (Å²) in [6.45, 7) is 5.60. The van der Waals surface area contributed by atoms with Crippen molar-refractivity contribution in [2.24, 2.45) is 5.73 Å². The molecule has 1 amide bonds. The third-order valence-corrected chi connectivity index (χ3v) is 4.06. The number of imidazole rings is 1. The predicted molar refractivity (Wildman–Crippen MR) is 82.5 cm³/mol. The second-order valence-corrected chi connectivity index (χ2v) is 5.75. The maximum atomic E-state index is 11.9. The van der Waals surface area contributed by atoms with Gasteiger partial charge in [0.1, 0.15) is 0 Å². The number of carbonyl (C=O) groups excluding carboxylic acids is 1. The van der Waals surface area contributed by atoms with Gasteiger partial charge in [-0.3, -0.25) is 4.79 Å². The summed E-state index contributed by atoms with van der Waals surface area (Å²) < 4.78 is 1.97. The van der Waals surface area contributed by atoms with Crippen LogP contribution in [0.25, 0.3) is 5.69 Å². The van der Waals surface area contributed by atoms with Gasteiger partial charge in [-0.05, 0) is 44.0 Å². The molecular formula is C16H20N4O. The summed E-state index contributed by atoms with van der Waals surface area (Å²) in [7, 11) is 0. The molecule has 5 heteroatoms. The molecule has 0 fully saturated rings. The van der Waals surface area contributed by atoms with Crippen LogP contribution in [-0.2, 0) is 4.79 Å². The van der Waals surface area contributed by atoms with Crippen LogP contribution in [0.1, 0.15) is 37.6 Å². The van der Waals surface area contributed by atoms with Gasteiger partial charge >= 0.3 is 0 Å². The molecule has 1 aromatic carbocycles. The minimum absolute atomic E-state index is 0.0461. The first-order valence-corrected chi connectivity index (χ1v) is 7.17. The number of amides is 1. The number of rotatable bonds is 1. The molecule has 2 heterocycles. The number of carbonyl (C=O) groups is 1. The quantitative estimate of drug-likeness (QED) is 0.874. The van der Waals surface area contributed by atoms with Gasteiger partial charge in [0.2, 0.25) is 5.91 Å². The first-order chi connectivity index (χ1) is 9.97. The zero-order chi connectivity index (χ0) is 15.1. The molecule has 1 aromatic heterocycles. The lowest BCUT2D eigenvalue weighted by molar-refractivity contribution is -0.117. The zero-order valence-electron chi connectivity index (χ0n) is 12.6. The number of anilines is 1. The average molecular weight is 284 g/mol. The van der Waals surface area contributed by atoms with Gasteiger partial charge in [-0.2, -0.15) is 0 Å². The lowest BCUT2D eigenvalue weighted by Crippen LogP contribution is -2.43. The van der Waals surface area contributed by atoms with Crippen LogP contribution in [0.3, 0.4) is 0 Å². The fourth-order valence-electron chi connectivity index (χ4n) is 3.10. The third-order valence-electron chi connectivity index (χ3n) is 4.06. The highest BCUT2D eigenvalue weighted by Gasteiger charge is 2.30. The maximum Gasteiger partial charge on any atom is 0.224 e. The molecule has 0 saturated carbocycles. The molecule has 0 radical (unpaired) electrons. The minimum atomic E-state index is -0.0461. The molecule has 0 aliphatic carbocycles. The number of benzene rings is 1. The number of hydrogen-bond acceptors (Lipinski definition) is 3. The van der Waals surface area contributed by atoms with E-state index >= 15 is 0 Å². The van der Waals surface area contributed by atoms with Crippen LogP contribution in [0.2, 0.25) is 0 Å². The van der Waals surface area contributed by atoms with Crippen molar-refractivity contribution in [3.63, 3.8) is 0 Å². The van der Waals surface area contributed by atoms with Gasteiger partial charge in [-0.1, -0.05) is 0 Å². The van der Waals surface area contributed by atoms with E-state index in [2.05, 4.69) is 11.1 Å². The number of hydrogen-bond donors (Lipinski definition) is 1. The predicted octanol–water partition coefficient (Wildman–Crippen LogP) is 2.33. The van der Waals surface area contributed by atoms with Gasteiger partial charge in [-0.25, -0.2) is 4.98 Å². The number of aryl methyl sites for hydroxylation is 1. The summed E-state index contributed by atoms with van der Waals surface area (Å²) in [5, 5.41) is 0. The summed E-state index contributed by atoms with van der Waals surface area (Å²) >= 11 is 0. The second-order valence-electron chi connectivity index (χ2n) is 5.75. The molecule has 2 atom stereocenters. The molecule has 3 rings (SSSR count). The smallest absolute Gasteiger partial charge is 0.224 e. The Balaban J connectivity index is 2.09. The average Bonchev–Trinajstić information content (AvgIpc) is 2.84. The van der Waals surface area contributed by atoms with Crippen molar-refractivity contribution < 1.29 is 4.79 Å². The molecule has 5 nitrogen and oxygen atoms in total. The van der Waals surface area contributed by atoms with Gasteiger partial charge < -0.3 is 15.2 Å². The monoisotopic (exact) mass is 284 g/mol. The first kappa shape index (κ1) is 13.8. The Morgan fingerprint density at radius 2 is 2.19 bits per heavy atom. The first-order valence-electron chi connectivity index (χ1n) is 7.17. The van der Waals surface area contributed by atoms with Crippen LogP contribution in [0.4, 0.5) is 5.69 Å². The van der Waals surface area contributed by atoms with Crippen LogP contribution >= 0.6 is 0 Å². The normalized spacial score (nSPS) is 21.2. The van der Waals surface area contributed by atoms with E-state index in [9.17, 15) is 4.79 Å². The van der Waals surface area contributed by atoms with Crippen LogP contribution < -0.4 is 10.6 Å². The van der Waals surface area contributed by atoms with E-state index < -0.39 is 0 Å². The van der Waals surface area contributed by atoms with Gasteiger partial charge in [0.05, 0.1) is 12.0 Å². The molecule has 0 bridgehead atoms. The molecule has 0 saturated heterocycles. The van der Waals surface area contributed by atoms with Crippen molar-refractivity contribution in [1.29, 1.82) is 0 Å². The van der Waals surface area contributed by atoms with E-state index in [-0.39, 0.29) is 18.0 Å². The van der Waals surface area contributed by atoms with Crippen molar-refractivity contribution in [2.45, 2.75) is 39.3 Å². The van der Waals surface area contributed by atoms with Crippen LogP contribution in [0.15, 0.2) is 30.7 Å². The summed E-state index contributed by atoms with van der Waals surface area (Å²) in [6.07, 6.45) is 4.54. The van der Waals surface area contributed by atoms with Crippen LogP contribution in [-0.4, -0.2) is 21.5 Å². The Morgan fingerprint density at radius 1 is 1.43 bits per heavy atom. The maximum absolute atomic E-state index is 11.9. The van der Waals surface area contributed by atoms with E-state index in [0.29, 0.717) is 0 Å². The van der Waals surface area contributed by atoms with E-state index in [1.165, 1.54) is 0 Å². The van der Waals surface area contributed by atoms with Crippen molar-refractivity contribution in [1.82, 2.24) is 9.55 Å². The SMILES string of the molecule is CC(=O)N1c2ccc(-n3cnc(C)c3)cc2[C@@H](N)C[C@H]1C. The van der Waals surface area contributed by atoms with Crippen molar-refractivity contribution in [2.75, 3.05) is 4.90 Å². The standard InChI is InChI=1S/C16H20N4O/c1-10-8-19(9-18-10)13-4-5-16-14(7-13)15(17)6-11(2)20(16)12(3)21/h4-5,7-9,11,15H,6,17H2,1-3H3/t11-,15+/m1/s1. The van der Waals surface area contributed by atoms with E-state index in [4.69, 9.17) is 5.73 Å². The van der Waals surface area contributed by atoms with E-state index in [0.717, 1.165) is 29.1 Å². The highest BCUT2D eigenvalue weighted by atomic mass is 16.2. The van der Waals surface area contributed by atoms with E-state index in [1.54, 1.807) is 13.3 Å². The molecule has 0 spiro atoms. The molecule has 1 aliphatic rings. The summed E-state index contributed by atoms with van der Waals surface area (Å²) in [4.78, 5) is 18.0. The fraction of sp³-hybridized carbons (Fsp3) is 0.375. The molecule has 2 N–H and O–H groups in total. The van der Waals surface area contributed by atoms with Crippen molar-refractivity contribution in [3.05, 3.63) is 42.0 Å². The zero-order valence-corrected chi connectivity index (χ0v) is 12.6. The molecule has 0 unspecified atom stereocenters. The molecule has 21 heavy (non-hydrogen) atoms. The summed E-state index contributed by atoms with van der Waals surface area (Å²) in [5.41, 5.74) is 10.2. The molecule has 2 aromatic rings. The third kappa shape index (κ3) is 2.34. The number of fused-ring (bicyclic) bond motifs is 1. The topological polar surface area (TPSA) is 64.2 Å². The van der Waals surface area contributed by atoms with Gasteiger partial charge in [-0.15, -0.1) is 0 Å². The lowest BCUT2D eigenvalue weighted by atomic mass is 9.92.